The van der Waals surface area contributed by atoms with Crippen molar-refractivity contribution < 1.29 is 0 Å². The van der Waals surface area contributed by atoms with Crippen molar-refractivity contribution in [2.75, 3.05) is 0 Å². The summed E-state index contributed by atoms with van der Waals surface area (Å²) < 4.78 is 0. The van der Waals surface area contributed by atoms with Crippen molar-refractivity contribution in [3.63, 3.8) is 0 Å². The van der Waals surface area contributed by atoms with Crippen LogP contribution in [0.1, 0.15) is 19.8 Å². The molecule has 1 atom stereocenters. The van der Waals surface area contributed by atoms with Crippen LogP contribution >= 0.6 is 0 Å². The molecule has 0 heteroatoms. The monoisotopic (exact) mass is 123 g/mol. The van der Waals surface area contributed by atoms with Crippen LogP contribution in [-0.2, 0) is 0 Å². The molecule has 0 N–H and O–H groups in total. The second-order valence-electron chi connectivity index (χ2n) is 2.02. The van der Waals surface area contributed by atoms with E-state index >= 15 is 0 Å². The first kappa shape index (κ1) is 8.48. The summed E-state index contributed by atoms with van der Waals surface area (Å²) in [6.07, 6.45) is 8.25. The summed E-state index contributed by atoms with van der Waals surface area (Å²) in [7, 11) is 0. The largest absolute Gasteiger partial charge is 0.102 e. The highest BCUT2D eigenvalue weighted by atomic mass is 14.0. The van der Waals surface area contributed by atoms with Gasteiger partial charge in [-0.3, -0.25) is 0 Å². The van der Waals surface area contributed by atoms with Crippen LogP contribution in [0.3, 0.4) is 0 Å². The summed E-state index contributed by atoms with van der Waals surface area (Å²) in [5, 5.41) is 0. The average molecular weight is 123 g/mol. The quantitative estimate of drug-likeness (QED) is 0.504. The zero-order chi connectivity index (χ0) is 7.11. The smallest absolute Gasteiger partial charge is 0.00562 e. The van der Waals surface area contributed by atoms with Gasteiger partial charge in [0.15, 0.2) is 0 Å². The van der Waals surface area contributed by atoms with E-state index in [1.54, 1.807) is 0 Å². The molecular weight excluding hydrogens is 108 g/mol. The Morgan fingerprint density at radius 2 is 2.22 bits per heavy atom. The number of hydrogen-bond acceptors (Lipinski definition) is 0. The van der Waals surface area contributed by atoms with Crippen LogP contribution in [0.5, 0.6) is 0 Å². The van der Waals surface area contributed by atoms with E-state index in [0.29, 0.717) is 5.92 Å². The van der Waals surface area contributed by atoms with E-state index in [9.17, 15) is 0 Å². The molecule has 0 saturated carbocycles. The summed E-state index contributed by atoms with van der Waals surface area (Å²) in [5.41, 5.74) is 0. The standard InChI is InChI=1S/C9H15/c1-4-7-8-9(5-2)6-3/h5,7-9H,2-4,6H2,1H3/b8-7+. The molecule has 0 aromatic carbocycles. The molecule has 0 aliphatic heterocycles. The normalized spacial score (nSPS) is 14.0. The van der Waals surface area contributed by atoms with Crippen LogP contribution in [0.2, 0.25) is 0 Å². The van der Waals surface area contributed by atoms with Gasteiger partial charge >= 0.3 is 0 Å². The Balaban J connectivity index is 3.54. The lowest BCUT2D eigenvalue weighted by Crippen LogP contribution is -1.85. The minimum Gasteiger partial charge on any atom is -0.102 e. The van der Waals surface area contributed by atoms with Crippen molar-refractivity contribution >= 4 is 0 Å². The first-order valence-electron chi connectivity index (χ1n) is 3.43. The van der Waals surface area contributed by atoms with E-state index in [0.717, 1.165) is 12.8 Å². The van der Waals surface area contributed by atoms with E-state index in [-0.39, 0.29) is 0 Å². The lowest BCUT2D eigenvalue weighted by atomic mass is 10.1. The Labute approximate surface area is 58.3 Å². The fourth-order valence-electron chi connectivity index (χ4n) is 0.604. The zero-order valence-corrected chi connectivity index (χ0v) is 6.14. The topological polar surface area (TPSA) is 0 Å². The van der Waals surface area contributed by atoms with Gasteiger partial charge in [0.25, 0.3) is 0 Å². The molecule has 0 saturated heterocycles. The van der Waals surface area contributed by atoms with Gasteiger partial charge in [0, 0.05) is 0 Å². The van der Waals surface area contributed by atoms with Crippen molar-refractivity contribution in [2.24, 2.45) is 5.92 Å². The predicted octanol–water partition coefficient (Wildman–Crippen LogP) is 2.98. The summed E-state index contributed by atoms with van der Waals surface area (Å²) in [6, 6.07) is 0. The van der Waals surface area contributed by atoms with Gasteiger partial charge in [-0.25, -0.2) is 0 Å². The molecule has 0 aromatic heterocycles. The Bertz CT molecular complexity index is 90.2. The Morgan fingerprint density at radius 1 is 1.56 bits per heavy atom. The van der Waals surface area contributed by atoms with Gasteiger partial charge in [-0.2, -0.15) is 0 Å². The molecule has 51 valence electrons. The lowest BCUT2D eigenvalue weighted by Gasteiger charge is -1.99. The first-order valence-corrected chi connectivity index (χ1v) is 3.43. The third kappa shape index (κ3) is 4.01. The van der Waals surface area contributed by atoms with Crippen LogP contribution < -0.4 is 0 Å². The number of allylic oxidation sites excluding steroid dienone is 3. The molecule has 9 heavy (non-hydrogen) atoms. The van der Waals surface area contributed by atoms with Gasteiger partial charge in [0.1, 0.15) is 0 Å². The first-order chi connectivity index (χ1) is 4.35. The van der Waals surface area contributed by atoms with Crippen LogP contribution in [-0.4, -0.2) is 0 Å². The zero-order valence-electron chi connectivity index (χ0n) is 6.14. The van der Waals surface area contributed by atoms with E-state index in [1.807, 2.05) is 6.08 Å². The maximum atomic E-state index is 3.79. The summed E-state index contributed by atoms with van der Waals surface area (Å²) >= 11 is 0. The van der Waals surface area contributed by atoms with E-state index in [1.165, 1.54) is 0 Å². The minimum atomic E-state index is 0.477. The molecule has 0 rings (SSSR count). The van der Waals surface area contributed by atoms with Crippen LogP contribution in [0.4, 0.5) is 0 Å². The molecule has 0 heterocycles. The third-order valence-electron chi connectivity index (χ3n) is 1.26. The van der Waals surface area contributed by atoms with Crippen LogP contribution in [0, 0.1) is 12.8 Å². The van der Waals surface area contributed by atoms with E-state index in [4.69, 9.17) is 0 Å². The van der Waals surface area contributed by atoms with Gasteiger partial charge < -0.3 is 0 Å². The molecule has 0 aliphatic rings. The molecule has 0 bridgehead atoms. The Kier molecular flexibility index (Phi) is 5.29. The molecule has 1 unspecified atom stereocenters. The fraction of sp³-hybridized carbons (Fsp3) is 0.444. The second kappa shape index (κ2) is 5.61. The number of rotatable bonds is 4. The van der Waals surface area contributed by atoms with Crippen molar-refractivity contribution in [2.45, 2.75) is 19.8 Å². The van der Waals surface area contributed by atoms with Gasteiger partial charge in [-0.15, -0.1) is 6.58 Å². The average Bonchev–Trinajstić information content (AvgIpc) is 1.91. The Hall–Kier alpha value is -0.520. The molecular formula is C9H15. The minimum absolute atomic E-state index is 0.477. The van der Waals surface area contributed by atoms with Crippen LogP contribution in [0.25, 0.3) is 0 Å². The maximum absolute atomic E-state index is 3.79. The van der Waals surface area contributed by atoms with Gasteiger partial charge in [0.05, 0.1) is 0 Å². The lowest BCUT2D eigenvalue weighted by molar-refractivity contribution is 0.827. The van der Waals surface area contributed by atoms with Crippen molar-refractivity contribution in [3.8, 4) is 0 Å². The van der Waals surface area contributed by atoms with Gasteiger partial charge in [-0.1, -0.05) is 32.1 Å². The van der Waals surface area contributed by atoms with E-state index in [2.05, 4.69) is 32.6 Å². The highest BCUT2D eigenvalue weighted by Gasteiger charge is 1.90. The van der Waals surface area contributed by atoms with Crippen molar-refractivity contribution in [1.29, 1.82) is 0 Å². The van der Waals surface area contributed by atoms with Crippen molar-refractivity contribution in [1.82, 2.24) is 0 Å². The highest BCUT2D eigenvalue weighted by molar-refractivity contribution is 4.96. The summed E-state index contributed by atoms with van der Waals surface area (Å²) in [4.78, 5) is 0. The predicted molar refractivity (Wildman–Crippen MR) is 43.1 cm³/mol. The SMILES string of the molecule is [CH2]CC(C=C)/C=C/CC. The molecule has 0 nitrogen and oxygen atoms in total. The highest BCUT2D eigenvalue weighted by Crippen LogP contribution is 2.04. The fourth-order valence-corrected chi connectivity index (χ4v) is 0.604. The maximum Gasteiger partial charge on any atom is -0.00562 e. The molecule has 0 spiro atoms. The molecule has 1 radical (unpaired) electrons. The second-order valence-corrected chi connectivity index (χ2v) is 2.02. The van der Waals surface area contributed by atoms with Crippen LogP contribution in [0.15, 0.2) is 24.8 Å². The van der Waals surface area contributed by atoms with Gasteiger partial charge in [0.2, 0.25) is 0 Å². The summed E-state index contributed by atoms with van der Waals surface area (Å²) in [6.45, 7) is 9.61. The van der Waals surface area contributed by atoms with Crippen molar-refractivity contribution in [3.05, 3.63) is 31.7 Å². The number of hydrogen-bond donors (Lipinski definition) is 0. The Morgan fingerprint density at radius 3 is 2.56 bits per heavy atom. The summed E-state index contributed by atoms with van der Waals surface area (Å²) in [5.74, 6) is 0.477. The van der Waals surface area contributed by atoms with Gasteiger partial charge in [-0.05, 0) is 18.8 Å². The molecule has 0 aliphatic carbocycles. The molecule has 0 aromatic rings. The third-order valence-corrected chi connectivity index (χ3v) is 1.26. The molecule has 0 amide bonds. The molecule has 0 fully saturated rings. The van der Waals surface area contributed by atoms with E-state index < -0.39 is 0 Å².